The molecule has 0 N–H and O–H groups in total. The third-order valence-corrected chi connectivity index (χ3v) is 3.33. The summed E-state index contributed by atoms with van der Waals surface area (Å²) < 4.78 is 20.4. The van der Waals surface area contributed by atoms with E-state index >= 15 is 0 Å². The van der Waals surface area contributed by atoms with Crippen LogP contribution in [0.1, 0.15) is 5.56 Å². The van der Waals surface area contributed by atoms with Gasteiger partial charge in [0, 0.05) is 17.3 Å². The van der Waals surface area contributed by atoms with Crippen LogP contribution in [0.3, 0.4) is 0 Å². The van der Waals surface area contributed by atoms with E-state index in [0.29, 0.717) is 5.75 Å². The van der Waals surface area contributed by atoms with Crippen molar-refractivity contribution in [3.8, 4) is 0 Å². The minimum absolute atomic E-state index is 0. The van der Waals surface area contributed by atoms with Crippen LogP contribution in [0.5, 0.6) is 0 Å². The molecule has 0 aromatic heterocycles. The van der Waals surface area contributed by atoms with Gasteiger partial charge in [0.25, 0.3) is 0 Å². The molecular formula is C9H11LiO2S2. The summed E-state index contributed by atoms with van der Waals surface area (Å²) in [6.07, 6.45) is 0. The van der Waals surface area contributed by atoms with Gasteiger partial charge in [-0.05, 0) is 5.56 Å². The third-order valence-electron chi connectivity index (χ3n) is 1.51. The van der Waals surface area contributed by atoms with E-state index in [9.17, 15) is 8.76 Å². The molecule has 0 fully saturated rings. The quantitative estimate of drug-likeness (QED) is 0.357. The van der Waals surface area contributed by atoms with Crippen LogP contribution in [0.15, 0.2) is 30.3 Å². The largest absolute Gasteiger partial charge is 1.00 e. The van der Waals surface area contributed by atoms with Gasteiger partial charge >= 0.3 is 18.9 Å². The Morgan fingerprint density at radius 2 is 1.93 bits per heavy atom. The van der Waals surface area contributed by atoms with Crippen molar-refractivity contribution in [2.45, 2.75) is 5.75 Å². The fourth-order valence-corrected chi connectivity index (χ4v) is 2.48. The van der Waals surface area contributed by atoms with Crippen molar-refractivity contribution in [3.63, 3.8) is 0 Å². The predicted octanol–water partition coefficient (Wildman–Crippen LogP) is -1.20. The van der Waals surface area contributed by atoms with Crippen molar-refractivity contribution >= 4 is 22.8 Å². The SMILES string of the molecule is O=S([O-])CCSCc1ccccc1.[Li+]. The van der Waals surface area contributed by atoms with Gasteiger partial charge in [-0.15, -0.1) is 0 Å². The molecule has 1 unspecified atom stereocenters. The summed E-state index contributed by atoms with van der Waals surface area (Å²) in [7, 11) is 0. The maximum Gasteiger partial charge on any atom is 1.00 e. The summed E-state index contributed by atoms with van der Waals surface area (Å²) >= 11 is -0.253. The standard InChI is InChI=1S/C9H12O2S2.Li/c10-13(11)7-6-12-8-9-4-2-1-3-5-9;/h1-5H,6-8H2,(H,10,11);/q;+1/p-1. The molecule has 0 saturated carbocycles. The van der Waals surface area contributed by atoms with E-state index in [4.69, 9.17) is 0 Å². The molecule has 0 amide bonds. The summed E-state index contributed by atoms with van der Waals surface area (Å²) in [5, 5.41) is 0. The number of hydrogen-bond acceptors (Lipinski definition) is 3. The molecule has 0 heterocycles. The van der Waals surface area contributed by atoms with E-state index in [1.165, 1.54) is 5.56 Å². The van der Waals surface area contributed by atoms with Crippen LogP contribution >= 0.6 is 11.8 Å². The molecule has 0 spiro atoms. The smallest absolute Gasteiger partial charge is 0.772 e. The van der Waals surface area contributed by atoms with Gasteiger partial charge in [-0.2, -0.15) is 11.8 Å². The molecule has 0 aliphatic carbocycles. The molecule has 1 aromatic carbocycles. The maximum absolute atomic E-state index is 10.2. The van der Waals surface area contributed by atoms with E-state index in [-0.39, 0.29) is 24.6 Å². The molecular weight excluding hydrogens is 211 g/mol. The molecule has 2 nitrogen and oxygen atoms in total. The van der Waals surface area contributed by atoms with Gasteiger partial charge in [-0.1, -0.05) is 41.4 Å². The van der Waals surface area contributed by atoms with Crippen molar-refractivity contribution in [1.29, 1.82) is 0 Å². The van der Waals surface area contributed by atoms with Gasteiger partial charge < -0.3 is 4.55 Å². The first kappa shape index (κ1) is 14.3. The summed E-state index contributed by atoms with van der Waals surface area (Å²) in [5.74, 6) is 1.81. The molecule has 1 atom stereocenters. The van der Waals surface area contributed by atoms with Gasteiger partial charge in [0.15, 0.2) is 0 Å². The normalized spacial score (nSPS) is 11.8. The average molecular weight is 222 g/mol. The first-order chi connectivity index (χ1) is 6.29. The van der Waals surface area contributed by atoms with Crippen molar-refractivity contribution in [2.24, 2.45) is 0 Å². The first-order valence-electron chi connectivity index (χ1n) is 3.96. The zero-order valence-corrected chi connectivity index (χ0v) is 9.77. The molecule has 0 aliphatic heterocycles. The molecule has 0 radical (unpaired) electrons. The zero-order chi connectivity index (χ0) is 9.52. The third kappa shape index (κ3) is 6.69. The summed E-state index contributed by atoms with van der Waals surface area (Å²) in [5.41, 5.74) is 1.24. The van der Waals surface area contributed by atoms with Crippen molar-refractivity contribution in [3.05, 3.63) is 35.9 Å². The minimum Gasteiger partial charge on any atom is -0.772 e. The second kappa shape index (κ2) is 8.57. The van der Waals surface area contributed by atoms with E-state index in [2.05, 4.69) is 0 Å². The fraction of sp³-hybridized carbons (Fsp3) is 0.333. The van der Waals surface area contributed by atoms with Crippen LogP contribution in [0.25, 0.3) is 0 Å². The van der Waals surface area contributed by atoms with Crippen molar-refractivity contribution in [1.82, 2.24) is 0 Å². The van der Waals surface area contributed by atoms with Crippen molar-refractivity contribution < 1.29 is 27.6 Å². The van der Waals surface area contributed by atoms with Crippen LogP contribution in [-0.2, 0) is 16.8 Å². The Morgan fingerprint density at radius 1 is 1.29 bits per heavy atom. The van der Waals surface area contributed by atoms with Gasteiger partial charge in [-0.25, -0.2) is 0 Å². The molecule has 0 aliphatic rings. The van der Waals surface area contributed by atoms with Gasteiger partial charge in [-0.3, -0.25) is 4.21 Å². The Morgan fingerprint density at radius 3 is 2.50 bits per heavy atom. The monoisotopic (exact) mass is 222 g/mol. The van der Waals surface area contributed by atoms with E-state index < -0.39 is 11.1 Å². The Bertz CT molecular complexity index is 267. The minimum atomic E-state index is -1.89. The Labute approximate surface area is 103 Å². The fourth-order valence-electron chi connectivity index (χ4n) is 0.891. The van der Waals surface area contributed by atoms with Gasteiger partial charge in [0.05, 0.1) is 0 Å². The predicted molar refractivity (Wildman–Crippen MR) is 56.4 cm³/mol. The molecule has 14 heavy (non-hydrogen) atoms. The van der Waals surface area contributed by atoms with Crippen LogP contribution in [0.2, 0.25) is 0 Å². The van der Waals surface area contributed by atoms with Gasteiger partial charge in [0.2, 0.25) is 0 Å². The molecule has 1 rings (SSSR count). The van der Waals surface area contributed by atoms with Crippen molar-refractivity contribution in [2.75, 3.05) is 11.5 Å². The van der Waals surface area contributed by atoms with Crippen LogP contribution < -0.4 is 18.9 Å². The number of thioether (sulfide) groups is 1. The van der Waals surface area contributed by atoms with Crippen LogP contribution in [0, 0.1) is 0 Å². The van der Waals surface area contributed by atoms with E-state index in [0.717, 1.165) is 5.75 Å². The topological polar surface area (TPSA) is 40.1 Å². The Hall–Kier alpha value is 0.277. The Kier molecular flexibility index (Phi) is 8.74. The molecule has 0 bridgehead atoms. The van der Waals surface area contributed by atoms with E-state index in [1.54, 1.807) is 11.8 Å². The average Bonchev–Trinajstić information content (AvgIpc) is 2.14. The second-order valence-electron chi connectivity index (χ2n) is 2.55. The maximum atomic E-state index is 10.2. The summed E-state index contributed by atoms with van der Waals surface area (Å²) in [4.78, 5) is 0. The second-order valence-corrected chi connectivity index (χ2v) is 4.67. The molecule has 0 saturated heterocycles. The van der Waals surface area contributed by atoms with Crippen LogP contribution in [-0.4, -0.2) is 20.3 Å². The molecule has 5 heteroatoms. The first-order valence-corrected chi connectivity index (χ1v) is 6.36. The van der Waals surface area contributed by atoms with Crippen LogP contribution in [0.4, 0.5) is 0 Å². The number of benzene rings is 1. The molecule has 1 aromatic rings. The van der Waals surface area contributed by atoms with E-state index in [1.807, 2.05) is 30.3 Å². The summed E-state index contributed by atoms with van der Waals surface area (Å²) in [6, 6.07) is 10.0. The number of rotatable bonds is 5. The zero-order valence-electron chi connectivity index (χ0n) is 8.14. The molecule has 72 valence electrons. The Balaban J connectivity index is 0.00000169. The number of hydrogen-bond donors (Lipinski definition) is 0. The summed E-state index contributed by atoms with van der Waals surface area (Å²) in [6.45, 7) is 0. The van der Waals surface area contributed by atoms with Gasteiger partial charge in [0.1, 0.15) is 0 Å².